The maximum absolute atomic E-state index is 11.8. The Kier molecular flexibility index (Phi) is 3.24. The van der Waals surface area contributed by atoms with E-state index < -0.39 is 0 Å². The monoisotopic (exact) mass is 239 g/mol. The van der Waals surface area contributed by atoms with Gasteiger partial charge in [0.05, 0.1) is 17.8 Å². The highest BCUT2D eigenvalue weighted by Crippen LogP contribution is 2.05. The number of aromatic nitrogens is 2. The van der Waals surface area contributed by atoms with E-state index in [0.29, 0.717) is 17.8 Å². The van der Waals surface area contributed by atoms with E-state index in [0.717, 1.165) is 11.1 Å². The molecule has 0 spiro atoms. The molecule has 2 rings (SSSR count). The lowest BCUT2D eigenvalue weighted by molar-refractivity contribution is 0.627. The minimum atomic E-state index is -0.251. The lowest BCUT2D eigenvalue weighted by Gasteiger charge is -2.07. The van der Waals surface area contributed by atoms with Crippen molar-refractivity contribution in [1.82, 2.24) is 9.78 Å². The second-order valence-corrected chi connectivity index (χ2v) is 4.24. The molecule has 0 aliphatic carbocycles. The Labute approximate surface area is 105 Å². The molecule has 90 valence electrons. The molecule has 0 saturated carbocycles. The largest absolute Gasteiger partial charge is 0.268 e. The lowest BCUT2D eigenvalue weighted by atomic mass is 10.1. The van der Waals surface area contributed by atoms with E-state index in [1.54, 1.807) is 6.92 Å². The number of nitrogens with zero attached hydrogens (tertiary/aromatic N) is 3. The average molecular weight is 239 g/mol. The third-order valence-electron chi connectivity index (χ3n) is 2.72. The Balaban J connectivity index is 2.39. The van der Waals surface area contributed by atoms with Crippen LogP contribution in [0.5, 0.6) is 0 Å². The highest BCUT2D eigenvalue weighted by molar-refractivity contribution is 5.30. The zero-order valence-corrected chi connectivity index (χ0v) is 10.3. The minimum Gasteiger partial charge on any atom is -0.268 e. The highest BCUT2D eigenvalue weighted by Gasteiger charge is 2.05. The van der Waals surface area contributed by atoms with Gasteiger partial charge in [0.1, 0.15) is 6.07 Å². The molecule has 2 aromatic rings. The predicted octanol–water partition coefficient (Wildman–Crippen LogP) is 1.78. The summed E-state index contributed by atoms with van der Waals surface area (Å²) in [6.07, 6.45) is 0. The van der Waals surface area contributed by atoms with Gasteiger partial charge in [-0.05, 0) is 19.4 Å². The molecule has 0 saturated heterocycles. The van der Waals surface area contributed by atoms with E-state index in [4.69, 9.17) is 5.26 Å². The predicted molar refractivity (Wildman–Crippen MR) is 68.2 cm³/mol. The van der Waals surface area contributed by atoms with Gasteiger partial charge in [-0.1, -0.05) is 29.8 Å². The van der Waals surface area contributed by atoms with Gasteiger partial charge in [0, 0.05) is 6.07 Å². The quantitative estimate of drug-likeness (QED) is 0.802. The molecule has 0 amide bonds. The summed E-state index contributed by atoms with van der Waals surface area (Å²) < 4.78 is 1.38. The fraction of sp³-hybridized carbons (Fsp3) is 0.214. The van der Waals surface area contributed by atoms with Crippen LogP contribution in [-0.4, -0.2) is 9.78 Å². The van der Waals surface area contributed by atoms with Gasteiger partial charge in [0.25, 0.3) is 5.56 Å². The van der Waals surface area contributed by atoms with E-state index in [-0.39, 0.29) is 5.56 Å². The lowest BCUT2D eigenvalue weighted by Crippen LogP contribution is -2.24. The second-order valence-electron chi connectivity index (χ2n) is 4.24. The Morgan fingerprint density at radius 3 is 2.78 bits per heavy atom. The molecule has 0 unspecified atom stereocenters. The van der Waals surface area contributed by atoms with E-state index in [2.05, 4.69) is 5.10 Å². The number of nitriles is 1. The molecule has 0 atom stereocenters. The topological polar surface area (TPSA) is 58.7 Å². The summed E-state index contributed by atoms with van der Waals surface area (Å²) in [5.41, 5.74) is 2.82. The van der Waals surface area contributed by atoms with Crippen LogP contribution < -0.4 is 5.56 Å². The SMILES string of the molecule is Cc1cccc(Cn2nc(C)c(C#N)cc2=O)c1. The molecule has 1 aromatic heterocycles. The summed E-state index contributed by atoms with van der Waals surface area (Å²) >= 11 is 0. The third kappa shape index (κ3) is 2.46. The maximum Gasteiger partial charge on any atom is 0.268 e. The first-order valence-electron chi connectivity index (χ1n) is 5.64. The van der Waals surface area contributed by atoms with Gasteiger partial charge in [-0.3, -0.25) is 4.79 Å². The first-order chi connectivity index (χ1) is 8.60. The summed E-state index contributed by atoms with van der Waals surface area (Å²) in [6, 6.07) is 11.2. The third-order valence-corrected chi connectivity index (χ3v) is 2.72. The maximum atomic E-state index is 11.8. The molecule has 0 radical (unpaired) electrons. The molecule has 0 fully saturated rings. The van der Waals surface area contributed by atoms with E-state index in [9.17, 15) is 4.79 Å². The normalized spacial score (nSPS) is 10.1. The number of rotatable bonds is 2. The van der Waals surface area contributed by atoms with Gasteiger partial charge in [-0.25, -0.2) is 4.68 Å². The van der Waals surface area contributed by atoms with Crippen molar-refractivity contribution in [3.8, 4) is 6.07 Å². The molecule has 1 aromatic carbocycles. The van der Waals surface area contributed by atoms with Crippen LogP contribution in [0.15, 0.2) is 35.1 Å². The fourth-order valence-electron chi connectivity index (χ4n) is 1.80. The zero-order chi connectivity index (χ0) is 13.1. The van der Waals surface area contributed by atoms with Crippen molar-refractivity contribution < 1.29 is 0 Å². The number of hydrogen-bond donors (Lipinski definition) is 0. The van der Waals surface area contributed by atoms with Crippen molar-refractivity contribution in [3.63, 3.8) is 0 Å². The van der Waals surface area contributed by atoms with Crippen molar-refractivity contribution in [2.24, 2.45) is 0 Å². The first-order valence-corrected chi connectivity index (χ1v) is 5.64. The van der Waals surface area contributed by atoms with Crippen LogP contribution in [0.4, 0.5) is 0 Å². The first kappa shape index (κ1) is 12.1. The van der Waals surface area contributed by atoms with Crippen LogP contribution in [0.1, 0.15) is 22.4 Å². The number of benzene rings is 1. The molecule has 4 heteroatoms. The van der Waals surface area contributed by atoms with Gasteiger partial charge in [-0.2, -0.15) is 10.4 Å². The smallest absolute Gasteiger partial charge is 0.268 e. The summed E-state index contributed by atoms with van der Waals surface area (Å²) in [7, 11) is 0. The van der Waals surface area contributed by atoms with Crippen LogP contribution in [0.3, 0.4) is 0 Å². The Bertz CT molecular complexity index is 680. The molecular formula is C14H13N3O. The van der Waals surface area contributed by atoms with Crippen LogP contribution in [0.25, 0.3) is 0 Å². The van der Waals surface area contributed by atoms with E-state index >= 15 is 0 Å². The Morgan fingerprint density at radius 2 is 2.11 bits per heavy atom. The molecule has 0 bridgehead atoms. The standard InChI is InChI=1S/C14H13N3O/c1-10-4-3-5-12(6-10)9-17-14(18)7-13(8-15)11(2)16-17/h3-7H,9H2,1-2H3. The zero-order valence-electron chi connectivity index (χ0n) is 10.3. The molecule has 0 aliphatic rings. The van der Waals surface area contributed by atoms with Crippen molar-refractivity contribution in [1.29, 1.82) is 5.26 Å². The summed E-state index contributed by atoms with van der Waals surface area (Å²) in [6.45, 7) is 4.15. The Morgan fingerprint density at radius 1 is 1.33 bits per heavy atom. The van der Waals surface area contributed by atoms with Crippen molar-refractivity contribution in [2.45, 2.75) is 20.4 Å². The fourth-order valence-corrected chi connectivity index (χ4v) is 1.80. The van der Waals surface area contributed by atoms with Gasteiger partial charge >= 0.3 is 0 Å². The minimum absolute atomic E-state index is 0.251. The van der Waals surface area contributed by atoms with Gasteiger partial charge in [-0.15, -0.1) is 0 Å². The summed E-state index contributed by atoms with van der Waals surface area (Å²) in [4.78, 5) is 11.8. The molecule has 18 heavy (non-hydrogen) atoms. The van der Waals surface area contributed by atoms with Crippen molar-refractivity contribution in [3.05, 3.63) is 63.1 Å². The summed E-state index contributed by atoms with van der Waals surface area (Å²) in [5.74, 6) is 0. The van der Waals surface area contributed by atoms with E-state index in [1.807, 2.05) is 37.3 Å². The van der Waals surface area contributed by atoms with Crippen LogP contribution >= 0.6 is 0 Å². The Hall–Kier alpha value is -2.41. The van der Waals surface area contributed by atoms with E-state index in [1.165, 1.54) is 10.7 Å². The van der Waals surface area contributed by atoms with Gasteiger partial charge < -0.3 is 0 Å². The van der Waals surface area contributed by atoms with Crippen LogP contribution in [-0.2, 0) is 6.54 Å². The molecule has 4 nitrogen and oxygen atoms in total. The van der Waals surface area contributed by atoms with Crippen LogP contribution in [0.2, 0.25) is 0 Å². The van der Waals surface area contributed by atoms with Crippen molar-refractivity contribution in [2.75, 3.05) is 0 Å². The number of hydrogen-bond acceptors (Lipinski definition) is 3. The second kappa shape index (κ2) is 4.84. The molecule has 0 N–H and O–H groups in total. The van der Waals surface area contributed by atoms with Crippen LogP contribution in [0, 0.1) is 25.2 Å². The van der Waals surface area contributed by atoms with Crippen molar-refractivity contribution >= 4 is 0 Å². The molecule has 1 heterocycles. The molecular weight excluding hydrogens is 226 g/mol. The average Bonchev–Trinajstić information content (AvgIpc) is 2.33. The van der Waals surface area contributed by atoms with Gasteiger partial charge in [0.15, 0.2) is 0 Å². The summed E-state index contributed by atoms with van der Waals surface area (Å²) in [5, 5.41) is 13.0. The highest BCUT2D eigenvalue weighted by atomic mass is 16.1. The van der Waals surface area contributed by atoms with Gasteiger partial charge in [0.2, 0.25) is 0 Å². The number of aryl methyl sites for hydroxylation is 2. The molecule has 0 aliphatic heterocycles.